The molecule has 116 valence electrons. The van der Waals surface area contributed by atoms with E-state index < -0.39 is 0 Å². The minimum absolute atomic E-state index is 0.571. The van der Waals surface area contributed by atoms with Crippen LogP contribution >= 0.6 is 0 Å². The number of hydrogen-bond acceptors (Lipinski definition) is 4. The number of hydrogen-bond donors (Lipinski definition) is 1. The molecule has 0 amide bonds. The van der Waals surface area contributed by atoms with Crippen molar-refractivity contribution in [1.82, 2.24) is 20.0 Å². The lowest BCUT2D eigenvalue weighted by molar-refractivity contribution is 0.362. The van der Waals surface area contributed by atoms with Crippen LogP contribution in [0.5, 0.6) is 5.75 Å². The Morgan fingerprint density at radius 2 is 2.15 bits per heavy atom. The fraction of sp³-hybridized carbons (Fsp3) is 0.800. The summed E-state index contributed by atoms with van der Waals surface area (Å²) in [6, 6.07) is 0.571. The maximum Gasteiger partial charge on any atom is 0.159 e. The summed E-state index contributed by atoms with van der Waals surface area (Å²) in [5, 5.41) is 7.98. The maximum atomic E-state index is 5.44. The van der Waals surface area contributed by atoms with E-state index in [1.807, 2.05) is 6.20 Å². The first kappa shape index (κ1) is 17.0. The molecule has 0 aliphatic rings. The SMILES string of the molecule is CCNC(CC)CCc1c(OC)cnn1CCN(C)C. The average Bonchev–Trinajstić information content (AvgIpc) is 2.83. The topological polar surface area (TPSA) is 42.3 Å². The van der Waals surface area contributed by atoms with Gasteiger partial charge in [-0.3, -0.25) is 4.68 Å². The van der Waals surface area contributed by atoms with Crippen molar-refractivity contribution in [3.8, 4) is 5.75 Å². The first-order chi connectivity index (χ1) is 9.62. The van der Waals surface area contributed by atoms with Crippen LogP contribution in [0.1, 0.15) is 32.4 Å². The number of nitrogens with zero attached hydrogens (tertiary/aromatic N) is 3. The Labute approximate surface area is 123 Å². The molecule has 1 rings (SSSR count). The molecule has 1 atom stereocenters. The highest BCUT2D eigenvalue weighted by molar-refractivity contribution is 5.25. The van der Waals surface area contributed by atoms with Crippen LogP contribution < -0.4 is 10.1 Å². The summed E-state index contributed by atoms with van der Waals surface area (Å²) in [4.78, 5) is 2.17. The highest BCUT2D eigenvalue weighted by atomic mass is 16.5. The van der Waals surface area contributed by atoms with Gasteiger partial charge in [0, 0.05) is 12.6 Å². The van der Waals surface area contributed by atoms with Crippen LogP contribution in [0.3, 0.4) is 0 Å². The largest absolute Gasteiger partial charge is 0.493 e. The van der Waals surface area contributed by atoms with E-state index in [4.69, 9.17) is 4.74 Å². The van der Waals surface area contributed by atoms with Crippen LogP contribution in [0, 0.1) is 0 Å². The van der Waals surface area contributed by atoms with Gasteiger partial charge in [-0.2, -0.15) is 5.10 Å². The summed E-state index contributed by atoms with van der Waals surface area (Å²) < 4.78 is 7.52. The molecule has 0 aliphatic heterocycles. The quantitative estimate of drug-likeness (QED) is 0.710. The van der Waals surface area contributed by atoms with Gasteiger partial charge in [-0.25, -0.2) is 0 Å². The van der Waals surface area contributed by atoms with E-state index in [1.54, 1.807) is 7.11 Å². The molecule has 0 saturated heterocycles. The van der Waals surface area contributed by atoms with Gasteiger partial charge in [-0.05, 0) is 39.9 Å². The van der Waals surface area contributed by atoms with Gasteiger partial charge < -0.3 is 15.0 Å². The van der Waals surface area contributed by atoms with Crippen LogP contribution in [-0.2, 0) is 13.0 Å². The van der Waals surface area contributed by atoms with Crippen LogP contribution in [-0.4, -0.2) is 55.0 Å². The van der Waals surface area contributed by atoms with Gasteiger partial charge in [-0.1, -0.05) is 13.8 Å². The van der Waals surface area contributed by atoms with E-state index in [9.17, 15) is 0 Å². The van der Waals surface area contributed by atoms with Crippen molar-refractivity contribution in [3.63, 3.8) is 0 Å². The molecule has 5 heteroatoms. The second kappa shape index (κ2) is 8.97. The normalized spacial score (nSPS) is 12.9. The molecule has 1 aromatic rings. The molecule has 0 radical (unpaired) electrons. The molecule has 1 heterocycles. The van der Waals surface area contributed by atoms with Crippen molar-refractivity contribution in [2.45, 2.75) is 45.7 Å². The second-order valence-corrected chi connectivity index (χ2v) is 5.39. The van der Waals surface area contributed by atoms with Crippen molar-refractivity contribution >= 4 is 0 Å². The lowest BCUT2D eigenvalue weighted by Gasteiger charge is -2.17. The number of ether oxygens (including phenoxy) is 1. The van der Waals surface area contributed by atoms with E-state index in [0.29, 0.717) is 6.04 Å². The van der Waals surface area contributed by atoms with Gasteiger partial charge in [0.2, 0.25) is 0 Å². The van der Waals surface area contributed by atoms with Gasteiger partial charge >= 0.3 is 0 Å². The first-order valence-electron chi connectivity index (χ1n) is 7.59. The zero-order chi connectivity index (χ0) is 15.0. The third-order valence-corrected chi connectivity index (χ3v) is 3.60. The Bertz CT molecular complexity index is 376. The monoisotopic (exact) mass is 282 g/mol. The Balaban J connectivity index is 2.67. The number of nitrogens with one attached hydrogen (secondary N) is 1. The molecule has 0 bridgehead atoms. The van der Waals surface area contributed by atoms with Crippen molar-refractivity contribution in [2.75, 3.05) is 34.3 Å². The standard InChI is InChI=1S/C15H30N4O/c1-6-13(16-7-2)8-9-14-15(20-5)12-17-19(14)11-10-18(3)4/h12-13,16H,6-11H2,1-5H3. The zero-order valence-electron chi connectivity index (χ0n) is 13.6. The fourth-order valence-corrected chi connectivity index (χ4v) is 2.35. The average molecular weight is 282 g/mol. The van der Waals surface area contributed by atoms with E-state index in [-0.39, 0.29) is 0 Å². The van der Waals surface area contributed by atoms with E-state index in [0.717, 1.165) is 44.6 Å². The summed E-state index contributed by atoms with van der Waals surface area (Å²) in [5.41, 5.74) is 1.21. The van der Waals surface area contributed by atoms with Crippen LogP contribution in [0.2, 0.25) is 0 Å². The predicted molar refractivity (Wildman–Crippen MR) is 83.4 cm³/mol. The molecule has 5 nitrogen and oxygen atoms in total. The number of methoxy groups -OCH3 is 1. The minimum atomic E-state index is 0.571. The summed E-state index contributed by atoms with van der Waals surface area (Å²) in [6.07, 6.45) is 5.11. The maximum absolute atomic E-state index is 5.44. The Morgan fingerprint density at radius 3 is 2.70 bits per heavy atom. The molecular weight excluding hydrogens is 252 g/mol. The summed E-state index contributed by atoms with van der Waals surface area (Å²) >= 11 is 0. The van der Waals surface area contributed by atoms with Gasteiger partial charge in [0.15, 0.2) is 5.75 Å². The van der Waals surface area contributed by atoms with Gasteiger partial charge in [0.1, 0.15) is 0 Å². The highest BCUT2D eigenvalue weighted by Crippen LogP contribution is 2.20. The molecule has 0 saturated carbocycles. The predicted octanol–water partition coefficient (Wildman–Crippen LogP) is 1.77. The summed E-state index contributed by atoms with van der Waals surface area (Å²) in [6.45, 7) is 7.31. The van der Waals surface area contributed by atoms with Crippen LogP contribution in [0.25, 0.3) is 0 Å². The van der Waals surface area contributed by atoms with Crippen LogP contribution in [0.15, 0.2) is 6.20 Å². The van der Waals surface area contributed by atoms with Gasteiger partial charge in [0.05, 0.1) is 25.5 Å². The Morgan fingerprint density at radius 1 is 1.40 bits per heavy atom. The number of aromatic nitrogens is 2. The zero-order valence-corrected chi connectivity index (χ0v) is 13.6. The molecule has 20 heavy (non-hydrogen) atoms. The Hall–Kier alpha value is -1.07. The second-order valence-electron chi connectivity index (χ2n) is 5.39. The van der Waals surface area contributed by atoms with Gasteiger partial charge in [0.25, 0.3) is 0 Å². The molecule has 1 N–H and O–H groups in total. The van der Waals surface area contributed by atoms with Crippen molar-refractivity contribution < 1.29 is 4.74 Å². The fourth-order valence-electron chi connectivity index (χ4n) is 2.35. The first-order valence-corrected chi connectivity index (χ1v) is 7.59. The van der Waals surface area contributed by atoms with Crippen LogP contribution in [0.4, 0.5) is 0 Å². The van der Waals surface area contributed by atoms with E-state index in [2.05, 4.69) is 47.9 Å². The lowest BCUT2D eigenvalue weighted by atomic mass is 10.1. The molecule has 0 spiro atoms. The number of likely N-dealkylation sites (N-methyl/N-ethyl adjacent to an activating group) is 1. The third kappa shape index (κ3) is 5.13. The van der Waals surface area contributed by atoms with Crippen molar-refractivity contribution in [2.24, 2.45) is 0 Å². The molecule has 1 unspecified atom stereocenters. The highest BCUT2D eigenvalue weighted by Gasteiger charge is 2.13. The summed E-state index contributed by atoms with van der Waals surface area (Å²) in [5.74, 6) is 0.912. The Kier molecular flexibility index (Phi) is 7.62. The molecule has 0 aromatic carbocycles. The molecule has 0 aliphatic carbocycles. The van der Waals surface area contributed by atoms with E-state index >= 15 is 0 Å². The smallest absolute Gasteiger partial charge is 0.159 e. The molecule has 0 fully saturated rings. The lowest BCUT2D eigenvalue weighted by Crippen LogP contribution is -2.29. The minimum Gasteiger partial charge on any atom is -0.493 e. The molecule has 1 aromatic heterocycles. The van der Waals surface area contributed by atoms with Crippen molar-refractivity contribution in [3.05, 3.63) is 11.9 Å². The third-order valence-electron chi connectivity index (χ3n) is 3.60. The van der Waals surface area contributed by atoms with Gasteiger partial charge in [-0.15, -0.1) is 0 Å². The van der Waals surface area contributed by atoms with E-state index in [1.165, 1.54) is 5.69 Å². The summed E-state index contributed by atoms with van der Waals surface area (Å²) in [7, 11) is 5.88. The van der Waals surface area contributed by atoms with Crippen molar-refractivity contribution in [1.29, 1.82) is 0 Å². The molecular formula is C15H30N4O. The number of rotatable bonds is 10.